The fraction of sp³-hybridized carbons (Fsp3) is 0.632. The third-order valence-electron chi connectivity index (χ3n) is 5.00. The largest absolute Gasteiger partial charge is 0.508 e. The zero-order valence-corrected chi connectivity index (χ0v) is 14.5. The molecule has 2 aliphatic heterocycles. The molecule has 132 valence electrons. The maximum absolute atomic E-state index is 12.8. The van der Waals surface area contributed by atoms with E-state index in [4.69, 9.17) is 4.74 Å². The lowest BCUT2D eigenvalue weighted by molar-refractivity contribution is 0.0216. The molecule has 1 aromatic carbocycles. The maximum Gasteiger partial charge on any atom is 0.254 e. The summed E-state index contributed by atoms with van der Waals surface area (Å²) in [5, 5.41) is 9.87. The Bertz CT molecular complexity index is 570. The van der Waals surface area contributed by atoms with Gasteiger partial charge in [-0.1, -0.05) is 12.5 Å². The SMILES string of the molecule is Cc1ccc(C(=O)N2CCCOC(CN3CCCCC3)C2)cc1O. The number of rotatable bonds is 3. The highest BCUT2D eigenvalue weighted by atomic mass is 16.5. The Morgan fingerprint density at radius 3 is 2.75 bits per heavy atom. The van der Waals surface area contributed by atoms with E-state index < -0.39 is 0 Å². The standard InChI is InChI=1S/C19H28N2O3/c1-15-6-7-16(12-18(15)22)19(23)21-10-5-11-24-17(14-21)13-20-8-3-2-4-9-20/h6-7,12,17,22H,2-5,8-11,13-14H2,1H3. The van der Waals surface area contributed by atoms with Crippen molar-refractivity contribution in [3.8, 4) is 5.75 Å². The highest BCUT2D eigenvalue weighted by molar-refractivity contribution is 5.94. The molecule has 2 heterocycles. The van der Waals surface area contributed by atoms with Gasteiger partial charge in [-0.3, -0.25) is 4.79 Å². The third-order valence-corrected chi connectivity index (χ3v) is 5.00. The Balaban J connectivity index is 1.64. The highest BCUT2D eigenvalue weighted by Crippen LogP contribution is 2.20. The number of amides is 1. The number of nitrogens with zero attached hydrogens (tertiary/aromatic N) is 2. The Morgan fingerprint density at radius 1 is 1.21 bits per heavy atom. The van der Waals surface area contributed by atoms with E-state index in [1.54, 1.807) is 18.2 Å². The van der Waals surface area contributed by atoms with Crippen molar-refractivity contribution in [2.45, 2.75) is 38.7 Å². The number of carbonyl (C=O) groups is 1. The average Bonchev–Trinajstić information content (AvgIpc) is 2.83. The molecule has 0 aromatic heterocycles. The van der Waals surface area contributed by atoms with Crippen molar-refractivity contribution < 1.29 is 14.6 Å². The molecule has 1 amide bonds. The first-order valence-electron chi connectivity index (χ1n) is 9.06. The van der Waals surface area contributed by atoms with Gasteiger partial charge in [0.25, 0.3) is 5.91 Å². The van der Waals surface area contributed by atoms with Crippen LogP contribution in [0.1, 0.15) is 41.6 Å². The maximum atomic E-state index is 12.8. The summed E-state index contributed by atoms with van der Waals surface area (Å²) < 4.78 is 5.98. The van der Waals surface area contributed by atoms with Crippen LogP contribution in [0.2, 0.25) is 0 Å². The Kier molecular flexibility index (Phi) is 5.74. The van der Waals surface area contributed by atoms with E-state index in [2.05, 4.69) is 4.90 Å². The lowest BCUT2D eigenvalue weighted by atomic mass is 10.1. The minimum absolute atomic E-state index is 0.0144. The number of hydrogen-bond acceptors (Lipinski definition) is 4. The lowest BCUT2D eigenvalue weighted by Gasteiger charge is -2.31. The minimum Gasteiger partial charge on any atom is -0.508 e. The quantitative estimate of drug-likeness (QED) is 0.924. The molecular weight excluding hydrogens is 304 g/mol. The number of phenolic OH excluding ortho intramolecular Hbond substituents is 1. The number of hydrogen-bond donors (Lipinski definition) is 1. The van der Waals surface area contributed by atoms with E-state index in [1.165, 1.54) is 19.3 Å². The van der Waals surface area contributed by atoms with Crippen molar-refractivity contribution in [3.05, 3.63) is 29.3 Å². The van der Waals surface area contributed by atoms with E-state index in [9.17, 15) is 9.90 Å². The van der Waals surface area contributed by atoms with Crippen molar-refractivity contribution in [1.82, 2.24) is 9.80 Å². The van der Waals surface area contributed by atoms with Crippen molar-refractivity contribution in [3.63, 3.8) is 0 Å². The molecule has 2 aliphatic rings. The van der Waals surface area contributed by atoms with Crippen LogP contribution < -0.4 is 0 Å². The van der Waals surface area contributed by atoms with Gasteiger partial charge < -0.3 is 19.6 Å². The first-order valence-corrected chi connectivity index (χ1v) is 9.06. The molecule has 5 heteroatoms. The van der Waals surface area contributed by atoms with Crippen molar-refractivity contribution in [2.24, 2.45) is 0 Å². The zero-order valence-electron chi connectivity index (χ0n) is 14.5. The van der Waals surface area contributed by atoms with Gasteiger partial charge >= 0.3 is 0 Å². The van der Waals surface area contributed by atoms with E-state index in [0.717, 1.165) is 31.6 Å². The van der Waals surface area contributed by atoms with Crippen LogP contribution in [0.5, 0.6) is 5.75 Å². The van der Waals surface area contributed by atoms with Gasteiger partial charge in [0.15, 0.2) is 0 Å². The number of phenols is 1. The van der Waals surface area contributed by atoms with Gasteiger partial charge in [0.2, 0.25) is 0 Å². The molecule has 1 atom stereocenters. The van der Waals surface area contributed by atoms with Gasteiger partial charge in [-0.05, 0) is 57.0 Å². The first-order chi connectivity index (χ1) is 11.6. The van der Waals surface area contributed by atoms with Crippen molar-refractivity contribution >= 4 is 5.91 Å². The molecule has 0 spiro atoms. The van der Waals surface area contributed by atoms with E-state index in [0.29, 0.717) is 25.3 Å². The van der Waals surface area contributed by atoms with E-state index in [1.807, 2.05) is 11.8 Å². The van der Waals surface area contributed by atoms with Crippen molar-refractivity contribution in [1.29, 1.82) is 0 Å². The van der Waals surface area contributed by atoms with Crippen LogP contribution in [0.15, 0.2) is 18.2 Å². The summed E-state index contributed by atoms with van der Waals surface area (Å²) in [7, 11) is 0. The predicted molar refractivity (Wildman–Crippen MR) is 93.4 cm³/mol. The number of likely N-dealkylation sites (tertiary alicyclic amines) is 1. The number of aromatic hydroxyl groups is 1. The minimum atomic E-state index is -0.0144. The Morgan fingerprint density at radius 2 is 2.00 bits per heavy atom. The topological polar surface area (TPSA) is 53.0 Å². The molecule has 0 aliphatic carbocycles. The summed E-state index contributed by atoms with van der Waals surface area (Å²) in [6.07, 6.45) is 4.79. The van der Waals surface area contributed by atoms with E-state index >= 15 is 0 Å². The molecule has 5 nitrogen and oxygen atoms in total. The third kappa shape index (κ3) is 4.28. The summed E-state index contributed by atoms with van der Waals surface area (Å²) in [5.74, 6) is 0.163. The second-order valence-electron chi connectivity index (χ2n) is 6.96. The first kappa shape index (κ1) is 17.2. The van der Waals surface area contributed by atoms with Gasteiger partial charge in [0.1, 0.15) is 5.75 Å². The summed E-state index contributed by atoms with van der Waals surface area (Å²) in [5.41, 5.74) is 1.34. The smallest absolute Gasteiger partial charge is 0.254 e. The molecule has 0 radical (unpaired) electrons. The molecule has 24 heavy (non-hydrogen) atoms. The summed E-state index contributed by atoms with van der Waals surface area (Å²) >= 11 is 0. The molecular formula is C19H28N2O3. The van der Waals surface area contributed by atoms with Crippen LogP contribution in [0, 0.1) is 6.92 Å². The van der Waals surface area contributed by atoms with Gasteiger partial charge in [-0.15, -0.1) is 0 Å². The second-order valence-corrected chi connectivity index (χ2v) is 6.96. The zero-order chi connectivity index (χ0) is 16.9. The van der Waals surface area contributed by atoms with Gasteiger partial charge in [0.05, 0.1) is 6.10 Å². The fourth-order valence-corrected chi connectivity index (χ4v) is 3.55. The van der Waals surface area contributed by atoms with Crippen molar-refractivity contribution in [2.75, 3.05) is 39.3 Å². The number of ether oxygens (including phenoxy) is 1. The number of carbonyl (C=O) groups excluding carboxylic acids is 1. The monoisotopic (exact) mass is 332 g/mol. The average molecular weight is 332 g/mol. The predicted octanol–water partition coefficient (Wildman–Crippen LogP) is 2.42. The molecule has 3 rings (SSSR count). The summed E-state index contributed by atoms with van der Waals surface area (Å²) in [6, 6.07) is 5.16. The van der Waals surface area contributed by atoms with Crippen LogP contribution in [-0.2, 0) is 4.74 Å². The van der Waals surface area contributed by atoms with Crippen LogP contribution in [0.3, 0.4) is 0 Å². The molecule has 2 fully saturated rings. The molecule has 2 saturated heterocycles. The van der Waals surface area contributed by atoms with Gasteiger partial charge in [-0.25, -0.2) is 0 Å². The van der Waals surface area contributed by atoms with Gasteiger partial charge in [-0.2, -0.15) is 0 Å². The van der Waals surface area contributed by atoms with Gasteiger partial charge in [0, 0.05) is 31.8 Å². The molecule has 1 N–H and O–H groups in total. The lowest BCUT2D eigenvalue weighted by Crippen LogP contribution is -2.43. The molecule has 0 bridgehead atoms. The molecule has 1 aromatic rings. The summed E-state index contributed by atoms with van der Waals surface area (Å²) in [4.78, 5) is 17.1. The molecule has 0 saturated carbocycles. The van der Waals surface area contributed by atoms with Crippen LogP contribution in [0.4, 0.5) is 0 Å². The highest BCUT2D eigenvalue weighted by Gasteiger charge is 2.25. The van der Waals surface area contributed by atoms with Crippen LogP contribution in [0.25, 0.3) is 0 Å². The molecule has 1 unspecified atom stereocenters. The second kappa shape index (κ2) is 7.99. The summed E-state index contributed by atoms with van der Waals surface area (Å²) in [6.45, 7) is 7.07. The van der Waals surface area contributed by atoms with Crippen LogP contribution >= 0.6 is 0 Å². The Hall–Kier alpha value is -1.59. The number of aryl methyl sites for hydroxylation is 1. The normalized spacial score (nSPS) is 23.0. The number of piperidine rings is 1. The number of benzene rings is 1. The fourth-order valence-electron chi connectivity index (χ4n) is 3.55. The van der Waals surface area contributed by atoms with Crippen LogP contribution in [-0.4, -0.2) is 66.2 Å². The van der Waals surface area contributed by atoms with E-state index in [-0.39, 0.29) is 17.8 Å². The Labute approximate surface area is 144 Å².